The fourth-order valence-electron chi connectivity index (χ4n) is 2.13. The van der Waals surface area contributed by atoms with Crippen molar-refractivity contribution in [2.24, 2.45) is 14.1 Å². The normalized spacial score (nSPS) is 10.7. The van der Waals surface area contributed by atoms with E-state index in [1.54, 1.807) is 18.2 Å². The third-order valence-corrected chi connectivity index (χ3v) is 4.42. The van der Waals surface area contributed by atoms with E-state index in [2.05, 4.69) is 33.4 Å². The van der Waals surface area contributed by atoms with Crippen molar-refractivity contribution >= 4 is 51.6 Å². The van der Waals surface area contributed by atoms with E-state index in [0.717, 1.165) is 12.7 Å². The van der Waals surface area contributed by atoms with E-state index < -0.39 is 17.2 Å². The Kier molecular flexibility index (Phi) is 6.81. The molecule has 0 radical (unpaired) electrons. The Morgan fingerprint density at radius 3 is 2.62 bits per heavy atom. The molecule has 1 amide bonds. The van der Waals surface area contributed by atoms with E-state index in [1.807, 2.05) is 0 Å². The average molecular weight is 495 g/mol. The molecule has 0 aliphatic heterocycles. The van der Waals surface area contributed by atoms with Gasteiger partial charge in [0.05, 0.1) is 23.9 Å². The number of aromatic nitrogens is 2. The maximum Gasteiger partial charge on any atom is 0.332 e. The summed E-state index contributed by atoms with van der Waals surface area (Å²) >= 11 is 8.27. The molecule has 26 heavy (non-hydrogen) atoms. The zero-order chi connectivity index (χ0) is 19.4. The first-order valence-electron chi connectivity index (χ1n) is 7.33. The van der Waals surface area contributed by atoms with Crippen LogP contribution >= 0.6 is 34.2 Å². The van der Waals surface area contributed by atoms with Crippen LogP contribution in [0.1, 0.15) is 10.4 Å². The molecule has 0 unspecified atom stereocenters. The van der Waals surface area contributed by atoms with Gasteiger partial charge in [0, 0.05) is 17.7 Å². The number of rotatable bonds is 6. The number of carbonyl (C=O) groups excluding carboxylic acids is 1. The first kappa shape index (κ1) is 20.4. The van der Waals surface area contributed by atoms with Gasteiger partial charge in [-0.15, -0.1) is 0 Å². The van der Waals surface area contributed by atoms with Gasteiger partial charge < -0.3 is 10.4 Å². The van der Waals surface area contributed by atoms with Crippen LogP contribution in [0.4, 0.5) is 11.5 Å². The minimum Gasteiger partial charge on any atom is -0.394 e. The topological polar surface area (TPSA) is 115 Å². The zero-order valence-electron chi connectivity index (χ0n) is 13.9. The number of amides is 1. The second-order valence-electron chi connectivity index (χ2n) is 5.18. The molecular weight excluding hydrogens is 479 g/mol. The van der Waals surface area contributed by atoms with Crippen LogP contribution in [0.15, 0.2) is 27.8 Å². The van der Waals surface area contributed by atoms with Crippen molar-refractivity contribution in [3.8, 4) is 0 Å². The molecule has 2 aromatic rings. The number of nitrogens with zero attached hydrogens (tertiary/aromatic N) is 2. The summed E-state index contributed by atoms with van der Waals surface area (Å²) in [6, 6.07) is 5.13. The molecule has 0 saturated heterocycles. The van der Waals surface area contributed by atoms with Crippen LogP contribution in [0.25, 0.3) is 0 Å². The zero-order valence-corrected chi connectivity index (χ0v) is 16.8. The SMILES string of the molecule is Cn1c(Nc2ccc(I)cc2Cl)c(C(=O)NOCCO)c(=O)n(C)c1=O. The lowest BCUT2D eigenvalue weighted by Gasteiger charge is -2.17. The number of anilines is 2. The fourth-order valence-corrected chi connectivity index (χ4v) is 3.03. The molecule has 0 fully saturated rings. The van der Waals surface area contributed by atoms with E-state index >= 15 is 0 Å². The Bertz CT molecular complexity index is 956. The highest BCUT2D eigenvalue weighted by atomic mass is 127. The van der Waals surface area contributed by atoms with Crippen molar-refractivity contribution in [3.05, 3.63) is 53.2 Å². The molecule has 0 aliphatic carbocycles. The molecule has 140 valence electrons. The number of halogens is 2. The molecule has 2 rings (SSSR count). The number of aliphatic hydroxyl groups is 1. The molecule has 0 bridgehead atoms. The van der Waals surface area contributed by atoms with Crippen molar-refractivity contribution in [2.75, 3.05) is 18.5 Å². The van der Waals surface area contributed by atoms with Crippen molar-refractivity contribution in [1.82, 2.24) is 14.6 Å². The lowest BCUT2D eigenvalue weighted by molar-refractivity contribution is 0.0167. The molecule has 0 atom stereocenters. The van der Waals surface area contributed by atoms with Gasteiger partial charge in [0.2, 0.25) is 0 Å². The van der Waals surface area contributed by atoms with Gasteiger partial charge >= 0.3 is 5.69 Å². The first-order chi connectivity index (χ1) is 12.3. The second-order valence-corrected chi connectivity index (χ2v) is 6.83. The minimum absolute atomic E-state index is 0.0358. The number of benzene rings is 1. The van der Waals surface area contributed by atoms with Crippen molar-refractivity contribution in [2.45, 2.75) is 0 Å². The Balaban J connectivity index is 2.57. The van der Waals surface area contributed by atoms with Gasteiger partial charge in [-0.05, 0) is 40.8 Å². The molecule has 0 spiro atoms. The molecular formula is C15H16ClIN4O5. The van der Waals surface area contributed by atoms with Gasteiger partial charge in [-0.1, -0.05) is 11.6 Å². The Morgan fingerprint density at radius 2 is 2.00 bits per heavy atom. The number of carbonyl (C=O) groups is 1. The van der Waals surface area contributed by atoms with Crippen molar-refractivity contribution in [3.63, 3.8) is 0 Å². The standard InChI is InChI=1S/C15H16ClIN4O5/c1-20-12(18-10-4-3-8(17)7-9(10)16)11(13(23)19-26-6-5-22)14(24)21(2)15(20)25/h3-4,7,18,22H,5-6H2,1-2H3,(H,19,23). The lowest BCUT2D eigenvalue weighted by atomic mass is 10.2. The van der Waals surface area contributed by atoms with Crippen LogP contribution in [0.2, 0.25) is 5.02 Å². The highest BCUT2D eigenvalue weighted by molar-refractivity contribution is 14.1. The number of aliphatic hydroxyl groups excluding tert-OH is 1. The van der Waals surface area contributed by atoms with Crippen LogP contribution in [-0.4, -0.2) is 33.4 Å². The molecule has 0 aliphatic rings. The monoisotopic (exact) mass is 494 g/mol. The largest absolute Gasteiger partial charge is 0.394 e. The van der Waals surface area contributed by atoms with Crippen LogP contribution in [0.3, 0.4) is 0 Å². The lowest BCUT2D eigenvalue weighted by Crippen LogP contribution is -2.43. The fraction of sp³-hybridized carbons (Fsp3) is 0.267. The number of hydrogen-bond donors (Lipinski definition) is 3. The summed E-state index contributed by atoms with van der Waals surface area (Å²) in [6.07, 6.45) is 0. The van der Waals surface area contributed by atoms with Gasteiger partial charge in [0.25, 0.3) is 11.5 Å². The summed E-state index contributed by atoms with van der Waals surface area (Å²) in [6.45, 7) is -0.460. The summed E-state index contributed by atoms with van der Waals surface area (Å²) in [5.41, 5.74) is 0.727. The third-order valence-electron chi connectivity index (χ3n) is 3.43. The quantitative estimate of drug-likeness (QED) is 0.310. The van der Waals surface area contributed by atoms with E-state index in [9.17, 15) is 14.4 Å². The summed E-state index contributed by atoms with van der Waals surface area (Å²) < 4.78 is 2.82. The summed E-state index contributed by atoms with van der Waals surface area (Å²) in [5.74, 6) is -0.898. The molecule has 11 heteroatoms. The van der Waals surface area contributed by atoms with Gasteiger partial charge in [0.15, 0.2) is 0 Å². The maximum absolute atomic E-state index is 12.5. The predicted molar refractivity (Wildman–Crippen MR) is 105 cm³/mol. The van der Waals surface area contributed by atoms with Gasteiger partial charge in [-0.25, -0.2) is 10.3 Å². The number of nitrogens with one attached hydrogen (secondary N) is 2. The van der Waals surface area contributed by atoms with Crippen molar-refractivity contribution in [1.29, 1.82) is 0 Å². The highest BCUT2D eigenvalue weighted by Gasteiger charge is 2.23. The Morgan fingerprint density at radius 1 is 1.31 bits per heavy atom. The smallest absolute Gasteiger partial charge is 0.332 e. The van der Waals surface area contributed by atoms with Crippen LogP contribution < -0.4 is 22.0 Å². The predicted octanol–water partition coefficient (Wildman–Crippen LogP) is 0.739. The van der Waals surface area contributed by atoms with Crippen LogP contribution in [-0.2, 0) is 18.9 Å². The summed E-state index contributed by atoms with van der Waals surface area (Å²) in [5, 5.41) is 11.9. The molecule has 3 N–H and O–H groups in total. The molecule has 9 nitrogen and oxygen atoms in total. The molecule has 0 saturated carbocycles. The number of hydrogen-bond acceptors (Lipinski definition) is 6. The van der Waals surface area contributed by atoms with Crippen LogP contribution in [0.5, 0.6) is 0 Å². The minimum atomic E-state index is -0.862. The summed E-state index contributed by atoms with van der Waals surface area (Å²) in [4.78, 5) is 41.9. The maximum atomic E-state index is 12.5. The van der Waals surface area contributed by atoms with Crippen LogP contribution in [0, 0.1) is 3.57 Å². The average Bonchev–Trinajstić information content (AvgIpc) is 2.60. The molecule has 1 aromatic carbocycles. The Labute approximate surface area is 166 Å². The Hall–Kier alpha value is -1.89. The van der Waals surface area contributed by atoms with E-state index in [-0.39, 0.29) is 24.6 Å². The molecule has 1 aromatic heterocycles. The van der Waals surface area contributed by atoms with Crippen molar-refractivity contribution < 1.29 is 14.7 Å². The van der Waals surface area contributed by atoms with Gasteiger partial charge in [-0.2, -0.15) is 0 Å². The first-order valence-corrected chi connectivity index (χ1v) is 8.78. The summed E-state index contributed by atoms with van der Waals surface area (Å²) in [7, 11) is 2.67. The van der Waals surface area contributed by atoms with E-state index in [0.29, 0.717) is 10.7 Å². The third kappa shape index (κ3) is 4.26. The van der Waals surface area contributed by atoms with Gasteiger partial charge in [-0.3, -0.25) is 23.6 Å². The van der Waals surface area contributed by atoms with E-state index in [1.165, 1.54) is 14.1 Å². The van der Waals surface area contributed by atoms with E-state index in [4.69, 9.17) is 21.5 Å². The molecule has 1 heterocycles. The second kappa shape index (κ2) is 8.66. The van der Waals surface area contributed by atoms with Gasteiger partial charge in [0.1, 0.15) is 11.4 Å². The highest BCUT2D eigenvalue weighted by Crippen LogP contribution is 2.27. The number of hydroxylamine groups is 1.